The van der Waals surface area contributed by atoms with Crippen molar-refractivity contribution in [3.05, 3.63) is 78.1 Å². The number of fused-ring (bicyclic) bond motifs is 2. The Kier molecular flexibility index (Phi) is 4.75. The smallest absolute Gasteiger partial charge is 0.225 e. The van der Waals surface area contributed by atoms with Crippen molar-refractivity contribution in [2.75, 3.05) is 11.9 Å². The van der Waals surface area contributed by atoms with E-state index in [-0.39, 0.29) is 11.8 Å². The van der Waals surface area contributed by atoms with Crippen LogP contribution in [-0.2, 0) is 17.6 Å². The molecule has 0 radical (unpaired) electrons. The van der Waals surface area contributed by atoms with Crippen LogP contribution in [0, 0.1) is 0 Å². The number of nitrogens with one attached hydrogen (secondary N) is 2. The van der Waals surface area contributed by atoms with Crippen molar-refractivity contribution in [2.45, 2.75) is 25.2 Å². The van der Waals surface area contributed by atoms with Crippen molar-refractivity contribution >= 4 is 11.7 Å². The first-order valence-corrected chi connectivity index (χ1v) is 10.9. The Morgan fingerprint density at radius 1 is 1.06 bits per heavy atom. The predicted octanol–water partition coefficient (Wildman–Crippen LogP) is 4.26. The number of aromatic nitrogens is 4. The molecule has 33 heavy (non-hydrogen) atoms. The normalized spacial score (nSPS) is 16.8. The van der Waals surface area contributed by atoms with Crippen molar-refractivity contribution in [1.29, 1.82) is 0 Å². The second-order valence-electron chi connectivity index (χ2n) is 8.19. The van der Waals surface area contributed by atoms with E-state index in [0.717, 1.165) is 46.1 Å². The first-order valence-electron chi connectivity index (χ1n) is 10.9. The van der Waals surface area contributed by atoms with Crippen LogP contribution in [-0.4, -0.2) is 32.4 Å². The molecule has 8 nitrogen and oxygen atoms in total. The Labute approximate surface area is 190 Å². The Bertz CT molecular complexity index is 1340. The second kappa shape index (κ2) is 8.05. The number of rotatable bonds is 4. The molecular weight excluding hydrogens is 418 g/mol. The number of nitrogens with zero attached hydrogens (tertiary/aromatic N) is 3. The minimum absolute atomic E-state index is 0.0197. The number of carbonyl (C=O) groups excluding carboxylic acids is 1. The fourth-order valence-electron chi connectivity index (χ4n) is 4.30. The van der Waals surface area contributed by atoms with Crippen LogP contribution < -0.4 is 14.8 Å². The summed E-state index contributed by atoms with van der Waals surface area (Å²) >= 11 is 0. The number of hydrogen-bond acceptors (Lipinski definition) is 6. The Morgan fingerprint density at radius 3 is 2.94 bits per heavy atom. The number of carbonyl (C=O) groups is 1. The van der Waals surface area contributed by atoms with Crippen LogP contribution in [0.5, 0.6) is 17.2 Å². The summed E-state index contributed by atoms with van der Waals surface area (Å²) in [6.45, 7) is 0.560. The SMILES string of the molecule is O=C1CCc2c(Oc3ccc4c(c3)CC(c3ncc(-c5cccnc5)[nH]3)CO4)ccnc2N1. The summed E-state index contributed by atoms with van der Waals surface area (Å²) in [5, 5.41) is 2.81. The summed E-state index contributed by atoms with van der Waals surface area (Å²) in [5.74, 6) is 3.86. The molecule has 0 bridgehead atoms. The van der Waals surface area contributed by atoms with E-state index in [1.165, 1.54) is 0 Å². The topological polar surface area (TPSA) is 102 Å². The summed E-state index contributed by atoms with van der Waals surface area (Å²) in [5.41, 5.74) is 3.93. The number of pyridine rings is 2. The fourth-order valence-corrected chi connectivity index (χ4v) is 4.30. The molecule has 2 aliphatic rings. The lowest BCUT2D eigenvalue weighted by Crippen LogP contribution is -2.20. The molecule has 8 heteroatoms. The first kappa shape index (κ1) is 19.5. The number of aromatic amines is 1. The standard InChI is InChI=1S/C25H21N5O3/c31-23-6-4-19-22(7-9-27-25(19)30-23)33-18-3-5-21-16(11-18)10-17(14-32-21)24-28-13-20(29-24)15-2-1-8-26-12-15/h1-3,5,7-9,11-13,17H,4,6,10,14H2,(H,28,29)(H,27,30,31). The average molecular weight is 439 g/mol. The quantitative estimate of drug-likeness (QED) is 0.493. The van der Waals surface area contributed by atoms with E-state index >= 15 is 0 Å². The van der Waals surface area contributed by atoms with Crippen molar-refractivity contribution in [3.8, 4) is 28.5 Å². The van der Waals surface area contributed by atoms with Crippen molar-refractivity contribution < 1.29 is 14.3 Å². The molecule has 1 aromatic carbocycles. The summed E-state index contributed by atoms with van der Waals surface area (Å²) in [6, 6.07) is 11.6. The molecule has 6 rings (SSSR count). The number of amides is 1. The zero-order valence-corrected chi connectivity index (χ0v) is 17.7. The van der Waals surface area contributed by atoms with Gasteiger partial charge in [0, 0.05) is 36.1 Å². The van der Waals surface area contributed by atoms with Crippen LogP contribution in [0.3, 0.4) is 0 Å². The van der Waals surface area contributed by atoms with Gasteiger partial charge in [0.2, 0.25) is 5.91 Å². The maximum absolute atomic E-state index is 11.7. The average Bonchev–Trinajstić information content (AvgIpc) is 3.35. The lowest BCUT2D eigenvalue weighted by atomic mass is 9.96. The van der Waals surface area contributed by atoms with E-state index in [2.05, 4.69) is 25.3 Å². The lowest BCUT2D eigenvalue weighted by molar-refractivity contribution is -0.116. The Hall–Kier alpha value is -4.20. The number of anilines is 1. The van der Waals surface area contributed by atoms with Gasteiger partial charge in [-0.05, 0) is 54.8 Å². The van der Waals surface area contributed by atoms with Crippen LogP contribution >= 0.6 is 0 Å². The highest BCUT2D eigenvalue weighted by Gasteiger charge is 2.25. The molecular formula is C25H21N5O3. The van der Waals surface area contributed by atoms with E-state index in [0.29, 0.717) is 31.0 Å². The zero-order chi connectivity index (χ0) is 22.2. The lowest BCUT2D eigenvalue weighted by Gasteiger charge is -2.25. The molecule has 4 aromatic rings. The van der Waals surface area contributed by atoms with Gasteiger partial charge in [-0.15, -0.1) is 0 Å². The maximum Gasteiger partial charge on any atom is 0.225 e. The largest absolute Gasteiger partial charge is 0.493 e. The van der Waals surface area contributed by atoms with Gasteiger partial charge in [0.15, 0.2) is 0 Å². The third-order valence-corrected chi connectivity index (χ3v) is 5.99. The molecule has 3 aromatic heterocycles. The first-order chi connectivity index (χ1) is 16.2. The van der Waals surface area contributed by atoms with Gasteiger partial charge in [-0.3, -0.25) is 9.78 Å². The van der Waals surface area contributed by atoms with Crippen LogP contribution in [0.4, 0.5) is 5.82 Å². The van der Waals surface area contributed by atoms with Gasteiger partial charge in [-0.1, -0.05) is 0 Å². The minimum atomic E-state index is -0.0197. The molecule has 1 unspecified atom stereocenters. The molecule has 0 saturated carbocycles. The number of hydrogen-bond donors (Lipinski definition) is 2. The third kappa shape index (κ3) is 3.80. The maximum atomic E-state index is 11.7. The van der Waals surface area contributed by atoms with E-state index in [4.69, 9.17) is 9.47 Å². The van der Waals surface area contributed by atoms with Gasteiger partial charge >= 0.3 is 0 Å². The fraction of sp³-hybridized carbons (Fsp3) is 0.200. The minimum Gasteiger partial charge on any atom is -0.493 e. The van der Waals surface area contributed by atoms with Gasteiger partial charge in [0.1, 0.15) is 28.9 Å². The van der Waals surface area contributed by atoms with Gasteiger partial charge in [-0.2, -0.15) is 0 Å². The molecule has 0 saturated heterocycles. The van der Waals surface area contributed by atoms with Crippen LogP contribution in [0.1, 0.15) is 29.3 Å². The summed E-state index contributed by atoms with van der Waals surface area (Å²) in [7, 11) is 0. The zero-order valence-electron chi connectivity index (χ0n) is 17.7. The van der Waals surface area contributed by atoms with Gasteiger partial charge in [-0.25, -0.2) is 9.97 Å². The summed E-state index contributed by atoms with van der Waals surface area (Å²) < 4.78 is 12.2. The molecule has 2 N–H and O–H groups in total. The van der Waals surface area contributed by atoms with Crippen LogP contribution in [0.15, 0.2) is 61.2 Å². The molecule has 2 aliphatic heterocycles. The van der Waals surface area contributed by atoms with E-state index in [1.54, 1.807) is 12.4 Å². The number of H-pyrrole nitrogens is 1. The Balaban J connectivity index is 1.23. The molecule has 164 valence electrons. The predicted molar refractivity (Wildman–Crippen MR) is 121 cm³/mol. The summed E-state index contributed by atoms with van der Waals surface area (Å²) in [4.78, 5) is 28.1. The molecule has 0 aliphatic carbocycles. The van der Waals surface area contributed by atoms with Crippen LogP contribution in [0.25, 0.3) is 11.3 Å². The summed E-state index contributed by atoms with van der Waals surface area (Å²) in [6.07, 6.45) is 8.88. The molecule has 1 atom stereocenters. The monoisotopic (exact) mass is 439 g/mol. The van der Waals surface area contributed by atoms with Crippen molar-refractivity contribution in [1.82, 2.24) is 19.9 Å². The highest BCUT2D eigenvalue weighted by Crippen LogP contribution is 2.37. The van der Waals surface area contributed by atoms with Crippen molar-refractivity contribution in [3.63, 3.8) is 0 Å². The molecule has 5 heterocycles. The van der Waals surface area contributed by atoms with Gasteiger partial charge in [0.05, 0.1) is 24.4 Å². The van der Waals surface area contributed by atoms with Crippen molar-refractivity contribution in [2.24, 2.45) is 0 Å². The van der Waals surface area contributed by atoms with E-state index < -0.39 is 0 Å². The third-order valence-electron chi connectivity index (χ3n) is 5.99. The van der Waals surface area contributed by atoms with Crippen LogP contribution in [0.2, 0.25) is 0 Å². The highest BCUT2D eigenvalue weighted by atomic mass is 16.5. The number of ether oxygens (including phenoxy) is 2. The number of benzene rings is 1. The van der Waals surface area contributed by atoms with E-state index in [9.17, 15) is 4.79 Å². The van der Waals surface area contributed by atoms with Gasteiger partial charge < -0.3 is 19.8 Å². The highest BCUT2D eigenvalue weighted by molar-refractivity contribution is 5.93. The van der Waals surface area contributed by atoms with Gasteiger partial charge in [0.25, 0.3) is 0 Å². The number of imidazole rings is 1. The molecule has 1 amide bonds. The molecule has 0 fully saturated rings. The second-order valence-corrected chi connectivity index (χ2v) is 8.19. The Morgan fingerprint density at radius 2 is 2.03 bits per heavy atom. The van der Waals surface area contributed by atoms with E-state index in [1.807, 2.05) is 48.8 Å². The molecule has 0 spiro atoms.